The van der Waals surface area contributed by atoms with Crippen LogP contribution in [0.15, 0.2) is 23.1 Å². The molecule has 1 aromatic rings. The molecular weight excluding hydrogens is 602 g/mol. The average Bonchev–Trinajstić information content (AvgIpc) is 3.54. The first-order valence-corrected chi connectivity index (χ1v) is 17.5. The summed E-state index contributed by atoms with van der Waals surface area (Å²) in [4.78, 5) is 55.7. The maximum absolute atomic E-state index is 13.9. The number of hydrogen-bond donors (Lipinski definition) is 6. The number of morpholine rings is 1. The van der Waals surface area contributed by atoms with Crippen molar-refractivity contribution < 1.29 is 37.8 Å². The van der Waals surface area contributed by atoms with Crippen LogP contribution in [-0.4, -0.2) is 107 Å². The Morgan fingerprint density at radius 2 is 1.76 bits per heavy atom. The highest BCUT2D eigenvalue weighted by molar-refractivity contribution is 8.22. The highest BCUT2D eigenvalue weighted by Crippen LogP contribution is 2.48. The van der Waals surface area contributed by atoms with Crippen LogP contribution < -0.4 is 20.7 Å². The van der Waals surface area contributed by atoms with Crippen molar-refractivity contribution in [3.8, 4) is 0 Å². The van der Waals surface area contributed by atoms with Gasteiger partial charge in [-0.3, -0.25) is 33.2 Å². The first-order valence-electron chi connectivity index (χ1n) is 16.0. The summed E-state index contributed by atoms with van der Waals surface area (Å²) in [7, 11) is -3.10. The minimum Gasteiger partial charge on any atom is -0.379 e. The van der Waals surface area contributed by atoms with Gasteiger partial charge < -0.3 is 25.4 Å². The van der Waals surface area contributed by atoms with Crippen molar-refractivity contribution in [3.05, 3.63) is 29.3 Å². The number of Topliss-reactive ketones (excluding diaryl/α,β-unsaturated/α-hetero) is 1. The van der Waals surface area contributed by atoms with Crippen LogP contribution in [0.3, 0.4) is 0 Å². The zero-order valence-electron chi connectivity index (χ0n) is 26.1. The first kappa shape index (κ1) is 33.8. The number of epoxide rings is 1. The van der Waals surface area contributed by atoms with Crippen LogP contribution in [0.25, 0.3) is 0 Å². The third-order valence-corrected chi connectivity index (χ3v) is 10.8. The van der Waals surface area contributed by atoms with Crippen LogP contribution in [0.2, 0.25) is 0 Å². The second-order valence-electron chi connectivity index (χ2n) is 12.9. The molecule has 45 heavy (non-hydrogen) atoms. The molecule has 0 bridgehead atoms. The lowest BCUT2D eigenvalue weighted by Gasteiger charge is -2.38. The molecule has 250 valence electrons. The zero-order chi connectivity index (χ0) is 32.2. The van der Waals surface area contributed by atoms with E-state index >= 15 is 0 Å². The van der Waals surface area contributed by atoms with Crippen molar-refractivity contribution in [3.63, 3.8) is 0 Å². The Bertz CT molecular complexity index is 1260. The number of rotatable bonds is 13. The number of hydrogen-bond acceptors (Lipinski definition) is 10. The number of ketones is 1. The van der Waals surface area contributed by atoms with Crippen molar-refractivity contribution in [2.45, 2.75) is 87.4 Å². The van der Waals surface area contributed by atoms with Gasteiger partial charge in [0.2, 0.25) is 17.7 Å². The number of nitrogens with one attached hydrogen (secondary N) is 4. The fraction of sp³-hybridized carbons (Fsp3) is 0.677. The lowest BCUT2D eigenvalue weighted by Crippen LogP contribution is -2.57. The van der Waals surface area contributed by atoms with Gasteiger partial charge in [0.15, 0.2) is 5.78 Å². The number of nitrogens with zero attached hydrogens (tertiary/aromatic N) is 1. The second-order valence-corrected chi connectivity index (χ2v) is 14.7. The molecule has 0 spiro atoms. The fourth-order valence-electron chi connectivity index (χ4n) is 6.40. The standard InChI is InChI=1S/C31H47N5O8S/c1-20(33-27(37)18-36-11-13-43-14-12-36)29(39)35-25(17-22-7-8-26-23(15-22)9-10-32-45(26,41)42)30(40)34-24(16-21-5-3-4-6-21)28(38)31(2)19-44-31/h7-8,15,20-21,24-25,32,41-42H,3-6,9-14,16-19H2,1-2H3,(H,33,37)(H,34,40)(H,35,39). The largest absolute Gasteiger partial charge is 0.379 e. The predicted octanol–water partition coefficient (Wildman–Crippen LogP) is 1.14. The van der Waals surface area contributed by atoms with Gasteiger partial charge in [-0.1, -0.05) is 37.8 Å². The van der Waals surface area contributed by atoms with E-state index in [1.165, 1.54) is 0 Å². The van der Waals surface area contributed by atoms with E-state index in [0.717, 1.165) is 31.2 Å². The normalized spacial score (nSPS) is 25.7. The van der Waals surface area contributed by atoms with Gasteiger partial charge in [0, 0.05) is 26.1 Å². The van der Waals surface area contributed by atoms with Crippen molar-refractivity contribution in [1.82, 2.24) is 25.6 Å². The van der Waals surface area contributed by atoms with Gasteiger partial charge in [-0.15, -0.1) is 10.8 Å². The maximum atomic E-state index is 13.9. The van der Waals surface area contributed by atoms with E-state index in [2.05, 4.69) is 20.7 Å². The molecule has 4 aliphatic rings. The van der Waals surface area contributed by atoms with Crippen LogP contribution in [0.5, 0.6) is 0 Å². The van der Waals surface area contributed by atoms with Crippen molar-refractivity contribution in [2.75, 3.05) is 46.0 Å². The summed E-state index contributed by atoms with van der Waals surface area (Å²) in [6, 6.07) is 2.45. The molecule has 1 saturated carbocycles. The molecular formula is C31H47N5O8S. The third kappa shape index (κ3) is 8.82. The topological polar surface area (TPSA) is 182 Å². The monoisotopic (exact) mass is 649 g/mol. The summed E-state index contributed by atoms with van der Waals surface area (Å²) < 4.78 is 34.3. The van der Waals surface area contributed by atoms with E-state index in [4.69, 9.17) is 9.47 Å². The second kappa shape index (κ2) is 14.4. The van der Waals surface area contributed by atoms with Crippen LogP contribution in [0.4, 0.5) is 0 Å². The number of benzene rings is 1. The first-order chi connectivity index (χ1) is 21.4. The molecule has 1 aliphatic carbocycles. The highest BCUT2D eigenvalue weighted by Gasteiger charge is 2.50. The van der Waals surface area contributed by atoms with E-state index in [0.29, 0.717) is 68.7 Å². The maximum Gasteiger partial charge on any atom is 0.243 e. The molecule has 0 aromatic heterocycles. The molecule has 0 radical (unpaired) electrons. The molecule has 3 aliphatic heterocycles. The lowest BCUT2D eigenvalue weighted by molar-refractivity contribution is -0.134. The lowest BCUT2D eigenvalue weighted by atomic mass is 9.90. The Balaban J connectivity index is 1.30. The van der Waals surface area contributed by atoms with E-state index in [1.54, 1.807) is 26.0 Å². The smallest absolute Gasteiger partial charge is 0.243 e. The number of amides is 3. The van der Waals surface area contributed by atoms with Gasteiger partial charge in [-0.2, -0.15) is 0 Å². The molecule has 3 amide bonds. The van der Waals surface area contributed by atoms with Crippen LogP contribution in [0.1, 0.15) is 57.1 Å². The summed E-state index contributed by atoms with van der Waals surface area (Å²) in [6.07, 6.45) is 5.39. The molecule has 3 fully saturated rings. The van der Waals surface area contributed by atoms with Gasteiger partial charge >= 0.3 is 0 Å². The quantitative estimate of drug-likeness (QED) is 0.170. The minimum absolute atomic E-state index is 0.101. The van der Waals surface area contributed by atoms with Gasteiger partial charge in [0.05, 0.1) is 37.3 Å². The van der Waals surface area contributed by atoms with E-state index in [1.807, 2.05) is 11.0 Å². The summed E-state index contributed by atoms with van der Waals surface area (Å²) in [6.45, 7) is 6.51. The molecule has 6 N–H and O–H groups in total. The summed E-state index contributed by atoms with van der Waals surface area (Å²) >= 11 is 0. The third-order valence-electron chi connectivity index (χ3n) is 9.22. The molecule has 2 saturated heterocycles. The Labute approximate surface area is 266 Å². The summed E-state index contributed by atoms with van der Waals surface area (Å²) in [5.74, 6) is -1.17. The number of ether oxygens (including phenoxy) is 2. The van der Waals surface area contributed by atoms with Gasteiger partial charge in [0.1, 0.15) is 17.7 Å². The Kier molecular flexibility index (Phi) is 10.8. The number of carbonyl (C=O) groups is 4. The fourth-order valence-corrected chi connectivity index (χ4v) is 7.72. The summed E-state index contributed by atoms with van der Waals surface area (Å²) in [5, 5.41) is 8.49. The Morgan fingerprint density at radius 3 is 2.44 bits per heavy atom. The van der Waals surface area contributed by atoms with E-state index in [-0.39, 0.29) is 24.7 Å². The van der Waals surface area contributed by atoms with Crippen LogP contribution >= 0.6 is 10.8 Å². The summed E-state index contributed by atoms with van der Waals surface area (Å²) in [5.41, 5.74) is 0.560. The predicted molar refractivity (Wildman–Crippen MR) is 168 cm³/mol. The van der Waals surface area contributed by atoms with Crippen LogP contribution in [0, 0.1) is 5.92 Å². The molecule has 4 atom stereocenters. The van der Waals surface area contributed by atoms with Crippen LogP contribution in [-0.2, 0) is 41.5 Å². The Hall–Kier alpha value is -2.59. The van der Waals surface area contributed by atoms with Gasteiger partial charge in [-0.25, -0.2) is 4.72 Å². The zero-order valence-corrected chi connectivity index (χ0v) is 27.0. The average molecular weight is 650 g/mol. The molecule has 3 heterocycles. The number of fused-ring (bicyclic) bond motifs is 1. The van der Waals surface area contributed by atoms with E-state index < -0.39 is 46.3 Å². The highest BCUT2D eigenvalue weighted by atomic mass is 32.3. The molecule has 14 heteroatoms. The van der Waals surface area contributed by atoms with E-state index in [9.17, 15) is 28.3 Å². The molecule has 4 unspecified atom stereocenters. The van der Waals surface area contributed by atoms with Gasteiger partial charge in [0.25, 0.3) is 0 Å². The minimum atomic E-state index is -3.10. The van der Waals surface area contributed by atoms with Crippen molar-refractivity contribution in [1.29, 1.82) is 0 Å². The molecule has 5 rings (SSSR count). The van der Waals surface area contributed by atoms with Crippen molar-refractivity contribution >= 4 is 34.3 Å². The SMILES string of the molecule is CC(NC(=O)CN1CCOCC1)C(=O)NC(Cc1ccc2c(c1)CCNS2(O)O)C(=O)NC(CC1CCCC1)C(=O)C1(C)CO1. The molecule has 13 nitrogen and oxygen atoms in total. The number of carbonyl (C=O) groups excluding carboxylic acids is 4. The Morgan fingerprint density at radius 1 is 1.07 bits per heavy atom. The van der Waals surface area contributed by atoms with Gasteiger partial charge in [-0.05, 0) is 49.8 Å². The van der Waals surface area contributed by atoms with Crippen molar-refractivity contribution in [2.24, 2.45) is 5.92 Å². The molecule has 1 aromatic carbocycles.